The van der Waals surface area contributed by atoms with Crippen molar-refractivity contribution < 1.29 is 41.7 Å². The van der Waals surface area contributed by atoms with Crippen LogP contribution in [-0.2, 0) is 0 Å². The third-order valence-electron chi connectivity index (χ3n) is 2.29. The summed E-state index contributed by atoms with van der Waals surface area (Å²) >= 11 is 0. The second-order valence-corrected chi connectivity index (χ2v) is 3.54. The Hall–Kier alpha value is -0.703. The maximum Gasteiger partial charge on any atom is 0 e. The van der Waals surface area contributed by atoms with Gasteiger partial charge in [0.1, 0.15) is 0 Å². The van der Waals surface area contributed by atoms with Crippen molar-refractivity contribution in [2.24, 2.45) is 0 Å². The van der Waals surface area contributed by atoms with Gasteiger partial charge in [-0.3, -0.25) is 0 Å². The molecule has 0 heterocycles. The van der Waals surface area contributed by atoms with E-state index in [0.29, 0.717) is 0 Å². The molecule has 0 radical (unpaired) electrons. The summed E-state index contributed by atoms with van der Waals surface area (Å²) in [6.45, 7) is 0. The Morgan fingerprint density at radius 2 is 0.882 bits per heavy atom. The minimum Gasteiger partial charge on any atom is -0.0622 e. The van der Waals surface area contributed by atoms with E-state index in [1.807, 2.05) is 36.4 Å². The van der Waals surface area contributed by atoms with Gasteiger partial charge in [0.2, 0.25) is 0 Å². The van der Waals surface area contributed by atoms with Gasteiger partial charge in [-0.1, -0.05) is 85.0 Å². The molecule has 0 aromatic heterocycles. The van der Waals surface area contributed by atoms with Crippen LogP contribution in [0.1, 0.15) is 11.1 Å². The average Bonchev–Trinajstić information content (AvgIpc) is 2.37. The van der Waals surface area contributed by atoms with Gasteiger partial charge in [0.15, 0.2) is 0 Å². The summed E-state index contributed by atoms with van der Waals surface area (Å²) in [6.07, 6.45) is 8.31. The van der Waals surface area contributed by atoms with Gasteiger partial charge in [-0.25, -0.2) is 0 Å². The van der Waals surface area contributed by atoms with Crippen LogP contribution in [0.25, 0.3) is 12.2 Å². The van der Waals surface area contributed by atoms with Crippen molar-refractivity contribution in [2.45, 2.75) is 0 Å². The largest absolute Gasteiger partial charge is 0.0622 e. The van der Waals surface area contributed by atoms with Crippen LogP contribution in [0.2, 0.25) is 0 Å². The molecule has 0 aliphatic carbocycles. The molecule has 0 fully saturated rings. The van der Waals surface area contributed by atoms with Crippen molar-refractivity contribution in [2.75, 3.05) is 0 Å². The van der Waals surface area contributed by atoms with Crippen molar-refractivity contribution in [3.63, 3.8) is 0 Å². The van der Waals surface area contributed by atoms with Crippen molar-refractivity contribution in [3.05, 3.63) is 83.9 Å². The molecule has 0 N–H and O–H groups in total. The van der Waals surface area contributed by atoms with Gasteiger partial charge in [-0.15, -0.1) is 0 Å². The standard InChI is InChI=1S/C16H14.Ce/c1-3-9-15(10-4-1)13-7-8-14-16-11-5-2-6-12-16;/h1-14H;. The molecule has 1 heteroatoms. The Morgan fingerprint density at radius 1 is 0.529 bits per heavy atom. The third-order valence-corrected chi connectivity index (χ3v) is 2.29. The fourth-order valence-electron chi connectivity index (χ4n) is 1.46. The van der Waals surface area contributed by atoms with Crippen molar-refractivity contribution in [1.82, 2.24) is 0 Å². The van der Waals surface area contributed by atoms with Crippen LogP contribution in [0.3, 0.4) is 0 Å². The number of benzene rings is 2. The smallest absolute Gasteiger partial charge is 0 e. The van der Waals surface area contributed by atoms with E-state index >= 15 is 0 Å². The first kappa shape index (κ1) is 14.4. The summed E-state index contributed by atoms with van der Waals surface area (Å²) in [7, 11) is 0. The Kier molecular flexibility index (Phi) is 7.09. The molecular formula is C16H14Ce. The number of rotatable bonds is 3. The van der Waals surface area contributed by atoms with Crippen LogP contribution in [0.15, 0.2) is 72.8 Å². The van der Waals surface area contributed by atoms with E-state index in [9.17, 15) is 0 Å². The van der Waals surface area contributed by atoms with Crippen molar-refractivity contribution >= 4 is 12.2 Å². The molecule has 0 unspecified atom stereocenters. The molecule has 0 amide bonds. The predicted molar refractivity (Wildman–Crippen MR) is 71.0 cm³/mol. The zero-order chi connectivity index (χ0) is 11.1. The van der Waals surface area contributed by atoms with Gasteiger partial charge in [0.25, 0.3) is 0 Å². The monoisotopic (exact) mass is 346 g/mol. The quantitative estimate of drug-likeness (QED) is 0.722. The summed E-state index contributed by atoms with van der Waals surface area (Å²) in [5.41, 5.74) is 2.44. The Labute approximate surface area is 136 Å². The van der Waals surface area contributed by atoms with Crippen LogP contribution >= 0.6 is 0 Å². The zero-order valence-electron chi connectivity index (χ0n) is 9.58. The second-order valence-electron chi connectivity index (χ2n) is 3.54. The molecule has 0 bridgehead atoms. The summed E-state index contributed by atoms with van der Waals surface area (Å²) in [6, 6.07) is 20.6. The van der Waals surface area contributed by atoms with Crippen LogP contribution in [0, 0.1) is 41.7 Å². The molecule has 2 aromatic rings. The van der Waals surface area contributed by atoms with E-state index in [4.69, 9.17) is 0 Å². The molecule has 2 aromatic carbocycles. The van der Waals surface area contributed by atoms with Crippen LogP contribution < -0.4 is 0 Å². The molecule has 0 aliphatic heterocycles. The van der Waals surface area contributed by atoms with Gasteiger partial charge in [0.05, 0.1) is 0 Å². The van der Waals surface area contributed by atoms with Gasteiger partial charge < -0.3 is 0 Å². The van der Waals surface area contributed by atoms with E-state index in [2.05, 4.69) is 48.6 Å². The Morgan fingerprint density at radius 3 is 1.24 bits per heavy atom. The molecule has 0 saturated carbocycles. The molecule has 17 heavy (non-hydrogen) atoms. The molecule has 0 nitrogen and oxygen atoms in total. The first-order valence-corrected chi connectivity index (χ1v) is 5.40. The Balaban J connectivity index is 0.00000144. The topological polar surface area (TPSA) is 0 Å². The number of allylic oxidation sites excluding steroid dienone is 2. The molecule has 82 valence electrons. The zero-order valence-corrected chi connectivity index (χ0v) is 12.7. The normalized spacial score (nSPS) is 10.6. The minimum absolute atomic E-state index is 0. The van der Waals surface area contributed by atoms with Crippen LogP contribution in [0.5, 0.6) is 0 Å². The number of hydrogen-bond acceptors (Lipinski definition) is 0. The van der Waals surface area contributed by atoms with Crippen molar-refractivity contribution in [1.29, 1.82) is 0 Å². The third kappa shape index (κ3) is 5.44. The molecule has 0 saturated heterocycles. The SMILES string of the molecule is C(C=Cc1ccccc1)=Cc1ccccc1.[Ce]. The first-order valence-electron chi connectivity index (χ1n) is 5.40. The molecule has 0 atom stereocenters. The fraction of sp³-hybridized carbons (Fsp3) is 0. The maximum absolute atomic E-state index is 2.10. The summed E-state index contributed by atoms with van der Waals surface area (Å²) in [5.74, 6) is 0. The molecular weight excluding hydrogens is 332 g/mol. The first-order chi connectivity index (χ1) is 7.95. The summed E-state index contributed by atoms with van der Waals surface area (Å²) in [4.78, 5) is 0. The van der Waals surface area contributed by atoms with E-state index in [0.717, 1.165) is 0 Å². The molecule has 0 aliphatic rings. The molecule has 0 spiro atoms. The van der Waals surface area contributed by atoms with E-state index in [1.165, 1.54) is 11.1 Å². The van der Waals surface area contributed by atoms with E-state index in [1.54, 1.807) is 0 Å². The van der Waals surface area contributed by atoms with Gasteiger partial charge in [-0.2, -0.15) is 0 Å². The average molecular weight is 346 g/mol. The minimum atomic E-state index is 0. The molecule has 2 rings (SSSR count). The predicted octanol–water partition coefficient (Wildman–Crippen LogP) is 4.41. The van der Waals surface area contributed by atoms with Crippen LogP contribution in [-0.4, -0.2) is 0 Å². The Bertz CT molecular complexity index is 422. The maximum atomic E-state index is 2.10. The van der Waals surface area contributed by atoms with Gasteiger partial charge >= 0.3 is 0 Å². The number of hydrogen-bond donors (Lipinski definition) is 0. The fourth-order valence-corrected chi connectivity index (χ4v) is 1.46. The summed E-state index contributed by atoms with van der Waals surface area (Å²) in [5, 5.41) is 0. The van der Waals surface area contributed by atoms with Crippen LogP contribution in [0.4, 0.5) is 0 Å². The van der Waals surface area contributed by atoms with Crippen molar-refractivity contribution in [3.8, 4) is 0 Å². The van der Waals surface area contributed by atoms with Gasteiger partial charge in [-0.05, 0) is 11.1 Å². The van der Waals surface area contributed by atoms with E-state index < -0.39 is 0 Å². The van der Waals surface area contributed by atoms with Gasteiger partial charge in [0, 0.05) is 41.7 Å². The van der Waals surface area contributed by atoms with E-state index in [-0.39, 0.29) is 41.7 Å². The summed E-state index contributed by atoms with van der Waals surface area (Å²) < 4.78 is 0. The second kappa shape index (κ2) is 8.40.